The Morgan fingerprint density at radius 3 is 2.59 bits per heavy atom. The monoisotopic (exact) mass is 568 g/mol. The van der Waals surface area contributed by atoms with Crippen LogP contribution in [0, 0.1) is 17.8 Å². The average molecular weight is 569 g/mol. The van der Waals surface area contributed by atoms with Crippen molar-refractivity contribution in [1.29, 1.82) is 0 Å². The predicted octanol–water partition coefficient (Wildman–Crippen LogP) is 4.03. The van der Waals surface area contributed by atoms with Gasteiger partial charge in [0, 0.05) is 50.6 Å². The molecule has 41 heavy (non-hydrogen) atoms. The van der Waals surface area contributed by atoms with Gasteiger partial charge in [-0.05, 0) is 89.3 Å². The molecule has 0 spiro atoms. The molecule has 2 saturated carbocycles. The molecule has 9 heteroatoms. The van der Waals surface area contributed by atoms with Gasteiger partial charge in [0.1, 0.15) is 5.75 Å². The molecular formula is C32H48N4O5. The minimum atomic E-state index is -0.967. The van der Waals surface area contributed by atoms with Crippen LogP contribution in [0.5, 0.6) is 5.75 Å². The highest BCUT2D eigenvalue weighted by molar-refractivity contribution is 6.04. The first-order valence-electron chi connectivity index (χ1n) is 15.5. The molecule has 226 valence electrons. The summed E-state index contributed by atoms with van der Waals surface area (Å²) < 4.78 is 11.3. The molecule has 0 bridgehead atoms. The van der Waals surface area contributed by atoms with E-state index in [0.717, 1.165) is 44.2 Å². The Kier molecular flexibility index (Phi) is 8.67. The lowest BCUT2D eigenvalue weighted by Gasteiger charge is -2.40. The highest BCUT2D eigenvalue weighted by atomic mass is 16.5. The second-order valence-corrected chi connectivity index (χ2v) is 13.5. The van der Waals surface area contributed by atoms with Crippen LogP contribution in [-0.2, 0) is 19.1 Å². The van der Waals surface area contributed by atoms with Crippen LogP contribution in [0.15, 0.2) is 18.2 Å². The number of hydrogen-bond acceptors (Lipinski definition) is 6. The Labute approximate surface area is 244 Å². The molecule has 0 aromatic heterocycles. The van der Waals surface area contributed by atoms with E-state index in [1.807, 2.05) is 23.1 Å². The maximum Gasteiger partial charge on any atom is 0.270 e. The number of anilines is 2. The number of carbonyl (C=O) groups excluding carboxylic acids is 3. The summed E-state index contributed by atoms with van der Waals surface area (Å²) in [6.45, 7) is 10.2. The summed E-state index contributed by atoms with van der Waals surface area (Å²) in [5, 5.41) is 6.73. The van der Waals surface area contributed by atoms with Crippen LogP contribution in [0.1, 0.15) is 79.1 Å². The Morgan fingerprint density at radius 2 is 1.93 bits per heavy atom. The Bertz CT molecular complexity index is 1140. The van der Waals surface area contributed by atoms with Crippen LogP contribution in [-0.4, -0.2) is 68.3 Å². The van der Waals surface area contributed by atoms with Crippen molar-refractivity contribution in [3.05, 3.63) is 18.2 Å². The number of benzene rings is 1. The number of rotatable bonds is 12. The van der Waals surface area contributed by atoms with Crippen molar-refractivity contribution in [3.63, 3.8) is 0 Å². The van der Waals surface area contributed by atoms with Gasteiger partial charge >= 0.3 is 0 Å². The van der Waals surface area contributed by atoms with Gasteiger partial charge in [-0.25, -0.2) is 0 Å². The molecule has 3 amide bonds. The molecule has 1 aromatic rings. The Hall–Kier alpha value is -2.65. The molecule has 2 aliphatic heterocycles. The minimum Gasteiger partial charge on any atom is -0.476 e. The smallest absolute Gasteiger partial charge is 0.270 e. The fraction of sp³-hybridized carbons (Fsp3) is 0.719. The molecule has 0 unspecified atom stereocenters. The first-order valence-corrected chi connectivity index (χ1v) is 15.5. The van der Waals surface area contributed by atoms with Gasteiger partial charge in [-0.3, -0.25) is 14.4 Å². The lowest BCUT2D eigenvalue weighted by atomic mass is 9.88. The second kappa shape index (κ2) is 11.9. The van der Waals surface area contributed by atoms with Crippen LogP contribution in [0.25, 0.3) is 0 Å². The van der Waals surface area contributed by atoms with E-state index in [4.69, 9.17) is 9.47 Å². The third-order valence-electron chi connectivity index (χ3n) is 9.03. The molecule has 2 atom stereocenters. The van der Waals surface area contributed by atoms with Crippen molar-refractivity contribution in [2.45, 2.75) is 96.2 Å². The molecule has 1 aromatic carbocycles. The third kappa shape index (κ3) is 6.72. The number of fused-ring (bicyclic) bond motifs is 1. The van der Waals surface area contributed by atoms with Gasteiger partial charge in [-0.2, -0.15) is 0 Å². The number of ether oxygens (including phenoxy) is 2. The quantitative estimate of drug-likeness (QED) is 0.370. The summed E-state index contributed by atoms with van der Waals surface area (Å²) in [5.41, 5.74) is 0.466. The predicted molar refractivity (Wildman–Crippen MR) is 159 cm³/mol. The summed E-state index contributed by atoms with van der Waals surface area (Å²) in [5.74, 6) is 0.783. The van der Waals surface area contributed by atoms with Crippen molar-refractivity contribution in [2.24, 2.45) is 17.8 Å². The molecule has 2 heterocycles. The van der Waals surface area contributed by atoms with Gasteiger partial charge in [0.2, 0.25) is 11.8 Å². The number of carbonyl (C=O) groups is 3. The van der Waals surface area contributed by atoms with E-state index in [9.17, 15) is 14.4 Å². The van der Waals surface area contributed by atoms with E-state index in [2.05, 4.69) is 24.5 Å². The van der Waals surface area contributed by atoms with Gasteiger partial charge < -0.3 is 29.9 Å². The lowest BCUT2D eigenvalue weighted by Crippen LogP contribution is -2.53. The van der Waals surface area contributed by atoms with Crippen molar-refractivity contribution in [2.75, 3.05) is 43.2 Å². The lowest BCUT2D eigenvalue weighted by molar-refractivity contribution is -0.132. The van der Waals surface area contributed by atoms with Gasteiger partial charge in [-0.1, -0.05) is 13.8 Å². The van der Waals surface area contributed by atoms with Gasteiger partial charge in [-0.15, -0.1) is 0 Å². The van der Waals surface area contributed by atoms with Crippen molar-refractivity contribution in [3.8, 4) is 5.75 Å². The van der Waals surface area contributed by atoms with Crippen molar-refractivity contribution < 1.29 is 23.9 Å². The maximum atomic E-state index is 14.1. The van der Waals surface area contributed by atoms with E-state index in [1.165, 1.54) is 0 Å². The zero-order chi connectivity index (χ0) is 29.4. The molecular weight excluding hydrogens is 520 g/mol. The van der Waals surface area contributed by atoms with Crippen LogP contribution in [0.4, 0.5) is 11.4 Å². The highest BCUT2D eigenvalue weighted by Crippen LogP contribution is 2.44. The maximum absolute atomic E-state index is 14.1. The summed E-state index contributed by atoms with van der Waals surface area (Å²) in [7, 11) is 1.65. The zero-order valence-corrected chi connectivity index (χ0v) is 25.5. The first kappa shape index (κ1) is 29.8. The Balaban J connectivity index is 1.31. The molecule has 5 rings (SSSR count). The number of methoxy groups -OCH3 is 1. The molecule has 3 fully saturated rings. The SMILES string of the molecule is COCCCN1C(=O)C(C)(C)Oc2ccc(N(C(=O)[C@H]3CNC[C@@H](C(=O)NC4(CCC(C)C)CC4)C3)C3CC3)cc21. The topological polar surface area (TPSA) is 100 Å². The van der Waals surface area contributed by atoms with E-state index < -0.39 is 5.60 Å². The van der Waals surface area contributed by atoms with Crippen molar-refractivity contribution in [1.82, 2.24) is 10.6 Å². The molecule has 4 aliphatic rings. The van der Waals surface area contributed by atoms with Gasteiger partial charge in [0.05, 0.1) is 17.5 Å². The average Bonchev–Trinajstić information content (AvgIpc) is 3.88. The van der Waals surface area contributed by atoms with Crippen LogP contribution in [0.3, 0.4) is 0 Å². The van der Waals surface area contributed by atoms with Crippen LogP contribution in [0.2, 0.25) is 0 Å². The number of nitrogens with zero attached hydrogens (tertiary/aromatic N) is 2. The highest BCUT2D eigenvalue weighted by Gasteiger charge is 2.46. The number of piperidine rings is 1. The molecule has 2 N–H and O–H groups in total. The van der Waals surface area contributed by atoms with E-state index in [1.54, 1.807) is 25.9 Å². The summed E-state index contributed by atoms with van der Waals surface area (Å²) in [4.78, 5) is 44.4. The third-order valence-corrected chi connectivity index (χ3v) is 9.03. The van der Waals surface area contributed by atoms with E-state index in [-0.39, 0.29) is 41.1 Å². The van der Waals surface area contributed by atoms with E-state index in [0.29, 0.717) is 56.4 Å². The van der Waals surface area contributed by atoms with Gasteiger partial charge in [0.25, 0.3) is 5.91 Å². The summed E-state index contributed by atoms with van der Waals surface area (Å²) >= 11 is 0. The molecule has 0 radical (unpaired) electrons. The first-order chi connectivity index (χ1) is 19.5. The standard InChI is InChI=1S/C32H48N4O5/c1-21(2)11-12-32(13-14-32)34-28(37)22-17-23(20-33-19-22)29(38)36(24-7-8-24)25-9-10-27-26(18-25)35(15-6-16-40-5)30(39)31(3,4)41-27/h9-10,18,21-24,33H,6-8,11-17,19-20H2,1-5H3,(H,34,37)/t22-,23+/m0/s1. The summed E-state index contributed by atoms with van der Waals surface area (Å²) in [6, 6.07) is 5.88. The normalized spacial score (nSPS) is 24.4. The molecule has 2 aliphatic carbocycles. The second-order valence-electron chi connectivity index (χ2n) is 13.5. The fourth-order valence-electron chi connectivity index (χ4n) is 6.19. The molecule has 9 nitrogen and oxygen atoms in total. The Morgan fingerprint density at radius 1 is 1.20 bits per heavy atom. The van der Waals surface area contributed by atoms with Gasteiger partial charge in [0.15, 0.2) is 5.60 Å². The van der Waals surface area contributed by atoms with E-state index >= 15 is 0 Å². The van der Waals surface area contributed by atoms with Crippen LogP contribution < -0.4 is 25.2 Å². The molecule has 1 saturated heterocycles. The van der Waals surface area contributed by atoms with Crippen LogP contribution >= 0.6 is 0 Å². The fourth-order valence-corrected chi connectivity index (χ4v) is 6.19. The van der Waals surface area contributed by atoms with Crippen molar-refractivity contribution >= 4 is 29.1 Å². The minimum absolute atomic E-state index is 0.0370. The number of nitrogens with one attached hydrogen (secondary N) is 2. The largest absolute Gasteiger partial charge is 0.476 e. The zero-order valence-electron chi connectivity index (χ0n) is 25.5. The summed E-state index contributed by atoms with van der Waals surface area (Å²) in [6.07, 6.45) is 7.38. The number of amides is 3. The number of hydrogen-bond donors (Lipinski definition) is 2.